The normalized spacial score (nSPS) is 17.3. The minimum Gasteiger partial charge on any atom is -0.378 e. The van der Waals surface area contributed by atoms with Crippen molar-refractivity contribution < 1.29 is 4.74 Å². The molecule has 92 valence electrons. The second-order valence-corrected chi connectivity index (χ2v) is 4.51. The molecule has 1 aromatic carbocycles. The monoisotopic (exact) mass is 273 g/mol. The van der Waals surface area contributed by atoms with Gasteiger partial charge in [-0.05, 0) is 18.2 Å². The van der Waals surface area contributed by atoms with Crippen LogP contribution in [0.5, 0.6) is 0 Å². The Morgan fingerprint density at radius 1 is 1.29 bits per heavy atom. The first-order valence-corrected chi connectivity index (χ1v) is 6.04. The Labute approximate surface area is 110 Å². The van der Waals surface area contributed by atoms with E-state index in [2.05, 4.69) is 4.99 Å². The minimum atomic E-state index is 0.456. The Morgan fingerprint density at radius 2 is 2.00 bits per heavy atom. The third kappa shape index (κ3) is 3.25. The molecule has 0 atom stereocenters. The van der Waals surface area contributed by atoms with Crippen LogP contribution >= 0.6 is 23.2 Å². The van der Waals surface area contributed by atoms with Crippen LogP contribution < -0.4 is 5.73 Å². The van der Waals surface area contributed by atoms with Gasteiger partial charge in [0.05, 0.1) is 23.9 Å². The first-order chi connectivity index (χ1) is 8.16. The Hall–Kier alpha value is -0.970. The summed E-state index contributed by atoms with van der Waals surface area (Å²) in [7, 11) is 0. The molecule has 0 bridgehead atoms. The molecule has 2 N–H and O–H groups in total. The van der Waals surface area contributed by atoms with Crippen LogP contribution in [-0.2, 0) is 4.74 Å². The van der Waals surface area contributed by atoms with E-state index in [1.165, 1.54) is 0 Å². The first kappa shape index (κ1) is 12.5. The molecule has 1 fully saturated rings. The fourth-order valence-corrected chi connectivity index (χ4v) is 2.01. The van der Waals surface area contributed by atoms with E-state index in [0.717, 1.165) is 13.1 Å². The van der Waals surface area contributed by atoms with Gasteiger partial charge in [0.15, 0.2) is 5.96 Å². The van der Waals surface area contributed by atoms with Crippen molar-refractivity contribution >= 4 is 34.8 Å². The van der Waals surface area contributed by atoms with Crippen LogP contribution in [0.4, 0.5) is 5.69 Å². The van der Waals surface area contributed by atoms with Crippen LogP contribution in [0.2, 0.25) is 10.0 Å². The number of nitrogens with two attached hydrogens (primary N) is 1. The smallest absolute Gasteiger partial charge is 0.196 e. The molecule has 1 aliphatic rings. The number of hydrogen-bond donors (Lipinski definition) is 1. The Kier molecular flexibility index (Phi) is 4.10. The molecule has 1 saturated heterocycles. The van der Waals surface area contributed by atoms with Gasteiger partial charge in [0.1, 0.15) is 0 Å². The third-order valence-corrected chi connectivity index (χ3v) is 3.02. The fourth-order valence-electron chi connectivity index (χ4n) is 1.56. The highest BCUT2D eigenvalue weighted by molar-refractivity contribution is 6.36. The van der Waals surface area contributed by atoms with Crippen molar-refractivity contribution in [2.45, 2.75) is 0 Å². The molecule has 1 aromatic rings. The van der Waals surface area contributed by atoms with Gasteiger partial charge in [-0.3, -0.25) is 0 Å². The Bertz CT molecular complexity index is 431. The van der Waals surface area contributed by atoms with E-state index in [4.69, 9.17) is 33.7 Å². The molecule has 2 rings (SSSR count). The van der Waals surface area contributed by atoms with E-state index in [1.807, 2.05) is 4.90 Å². The van der Waals surface area contributed by atoms with Crippen molar-refractivity contribution in [1.82, 2.24) is 4.90 Å². The molecule has 1 aliphatic heterocycles. The van der Waals surface area contributed by atoms with Gasteiger partial charge in [-0.25, -0.2) is 4.99 Å². The number of hydrogen-bond acceptors (Lipinski definition) is 2. The zero-order chi connectivity index (χ0) is 12.3. The lowest BCUT2D eigenvalue weighted by molar-refractivity contribution is 0.0675. The van der Waals surface area contributed by atoms with Gasteiger partial charge >= 0.3 is 0 Å². The van der Waals surface area contributed by atoms with Crippen molar-refractivity contribution in [2.24, 2.45) is 10.7 Å². The zero-order valence-electron chi connectivity index (χ0n) is 9.20. The molecule has 0 spiro atoms. The number of halogens is 2. The molecular formula is C11H13Cl2N3O. The van der Waals surface area contributed by atoms with Gasteiger partial charge in [-0.15, -0.1) is 0 Å². The number of guanidine groups is 1. The third-order valence-electron chi connectivity index (χ3n) is 2.48. The van der Waals surface area contributed by atoms with Gasteiger partial charge in [-0.1, -0.05) is 23.2 Å². The second kappa shape index (κ2) is 5.58. The number of morpholine rings is 1. The van der Waals surface area contributed by atoms with Gasteiger partial charge in [0.2, 0.25) is 0 Å². The van der Waals surface area contributed by atoms with E-state index in [0.29, 0.717) is 34.9 Å². The van der Waals surface area contributed by atoms with E-state index in [-0.39, 0.29) is 0 Å². The zero-order valence-corrected chi connectivity index (χ0v) is 10.7. The summed E-state index contributed by atoms with van der Waals surface area (Å²) in [5, 5.41) is 1.08. The molecule has 1 heterocycles. The number of aliphatic imine (C=N–C) groups is 1. The SMILES string of the molecule is NC(=Nc1ccc(Cl)cc1Cl)N1CCOCC1. The summed E-state index contributed by atoms with van der Waals surface area (Å²) in [5.74, 6) is 0.456. The van der Waals surface area contributed by atoms with E-state index >= 15 is 0 Å². The molecule has 0 unspecified atom stereocenters. The highest BCUT2D eigenvalue weighted by Crippen LogP contribution is 2.27. The quantitative estimate of drug-likeness (QED) is 0.631. The van der Waals surface area contributed by atoms with Gasteiger partial charge in [0.25, 0.3) is 0 Å². The average Bonchev–Trinajstić information content (AvgIpc) is 2.34. The summed E-state index contributed by atoms with van der Waals surface area (Å²) >= 11 is 11.8. The standard InChI is InChI=1S/C11H13Cl2N3O/c12-8-1-2-10(9(13)7-8)15-11(14)16-3-5-17-6-4-16/h1-2,7H,3-6H2,(H2,14,15). The lowest BCUT2D eigenvalue weighted by Gasteiger charge is -2.27. The lowest BCUT2D eigenvalue weighted by atomic mass is 10.3. The predicted octanol–water partition coefficient (Wildman–Crippen LogP) is 2.27. The van der Waals surface area contributed by atoms with Crippen LogP contribution in [0.25, 0.3) is 0 Å². The van der Waals surface area contributed by atoms with Crippen molar-refractivity contribution in [3.63, 3.8) is 0 Å². The molecular weight excluding hydrogens is 261 g/mol. The summed E-state index contributed by atoms with van der Waals surface area (Å²) in [6, 6.07) is 5.13. The second-order valence-electron chi connectivity index (χ2n) is 3.67. The Balaban J connectivity index is 2.16. The number of benzene rings is 1. The Morgan fingerprint density at radius 3 is 2.65 bits per heavy atom. The molecule has 0 radical (unpaired) electrons. The van der Waals surface area contributed by atoms with E-state index in [1.54, 1.807) is 18.2 Å². The molecule has 0 amide bonds. The summed E-state index contributed by atoms with van der Waals surface area (Å²) in [6.45, 7) is 2.84. The van der Waals surface area contributed by atoms with E-state index < -0.39 is 0 Å². The van der Waals surface area contributed by atoms with Gasteiger partial charge < -0.3 is 15.4 Å². The molecule has 0 aromatic heterocycles. The van der Waals surface area contributed by atoms with Crippen LogP contribution in [0.15, 0.2) is 23.2 Å². The molecule has 17 heavy (non-hydrogen) atoms. The van der Waals surface area contributed by atoms with E-state index in [9.17, 15) is 0 Å². The predicted molar refractivity (Wildman–Crippen MR) is 70.1 cm³/mol. The van der Waals surface area contributed by atoms with Crippen molar-refractivity contribution in [3.05, 3.63) is 28.2 Å². The molecule has 4 nitrogen and oxygen atoms in total. The van der Waals surface area contributed by atoms with Crippen LogP contribution in [-0.4, -0.2) is 37.2 Å². The maximum absolute atomic E-state index is 6.02. The lowest BCUT2D eigenvalue weighted by Crippen LogP contribution is -2.44. The summed E-state index contributed by atoms with van der Waals surface area (Å²) in [6.07, 6.45) is 0. The van der Waals surface area contributed by atoms with Crippen LogP contribution in [0.3, 0.4) is 0 Å². The fraction of sp³-hybridized carbons (Fsp3) is 0.364. The molecule has 0 saturated carbocycles. The van der Waals surface area contributed by atoms with Gasteiger partial charge in [-0.2, -0.15) is 0 Å². The number of ether oxygens (including phenoxy) is 1. The summed E-state index contributed by atoms with van der Waals surface area (Å²) < 4.78 is 5.24. The topological polar surface area (TPSA) is 50.8 Å². The van der Waals surface area contributed by atoms with Crippen LogP contribution in [0, 0.1) is 0 Å². The van der Waals surface area contributed by atoms with Gasteiger partial charge in [0, 0.05) is 18.1 Å². The number of rotatable bonds is 1. The largest absolute Gasteiger partial charge is 0.378 e. The maximum Gasteiger partial charge on any atom is 0.196 e. The van der Waals surface area contributed by atoms with Crippen LogP contribution in [0.1, 0.15) is 0 Å². The first-order valence-electron chi connectivity index (χ1n) is 5.29. The summed E-state index contributed by atoms with van der Waals surface area (Å²) in [4.78, 5) is 6.26. The highest BCUT2D eigenvalue weighted by atomic mass is 35.5. The summed E-state index contributed by atoms with van der Waals surface area (Å²) in [5.41, 5.74) is 6.54. The average molecular weight is 274 g/mol. The molecule has 6 heteroatoms. The number of nitrogens with zero attached hydrogens (tertiary/aromatic N) is 2. The molecule has 0 aliphatic carbocycles. The van der Waals surface area contributed by atoms with Crippen molar-refractivity contribution in [2.75, 3.05) is 26.3 Å². The minimum absolute atomic E-state index is 0.456. The van der Waals surface area contributed by atoms with Crippen molar-refractivity contribution in [1.29, 1.82) is 0 Å². The van der Waals surface area contributed by atoms with Crippen molar-refractivity contribution in [3.8, 4) is 0 Å². The highest BCUT2D eigenvalue weighted by Gasteiger charge is 2.12. The maximum atomic E-state index is 6.02.